The van der Waals surface area contributed by atoms with Gasteiger partial charge in [-0.3, -0.25) is 0 Å². The molecule has 1 saturated carbocycles. The van der Waals surface area contributed by atoms with E-state index < -0.39 is 0 Å². The molecule has 2 N–H and O–H groups in total. The van der Waals surface area contributed by atoms with Crippen molar-refractivity contribution in [2.45, 2.75) is 39.2 Å². The van der Waals surface area contributed by atoms with E-state index in [0.29, 0.717) is 12.0 Å². The first-order chi connectivity index (χ1) is 7.72. The Kier molecular flexibility index (Phi) is 3.27. The molecular formula is C12H20N4. The van der Waals surface area contributed by atoms with Crippen LogP contribution in [-0.4, -0.2) is 23.1 Å². The molecule has 0 saturated heterocycles. The molecule has 1 aromatic heterocycles. The molecule has 1 fully saturated rings. The highest BCUT2D eigenvalue weighted by atomic mass is 15.1. The van der Waals surface area contributed by atoms with E-state index in [0.717, 1.165) is 17.4 Å². The van der Waals surface area contributed by atoms with Crippen molar-refractivity contribution in [3.05, 3.63) is 11.8 Å². The van der Waals surface area contributed by atoms with Crippen LogP contribution in [0.25, 0.3) is 0 Å². The third-order valence-corrected chi connectivity index (χ3v) is 2.99. The van der Waals surface area contributed by atoms with E-state index in [1.54, 1.807) is 0 Å². The van der Waals surface area contributed by atoms with Crippen molar-refractivity contribution < 1.29 is 0 Å². The Labute approximate surface area is 96.9 Å². The average Bonchev–Trinajstić information content (AvgIpc) is 2.96. The minimum atomic E-state index is 0.624. The van der Waals surface area contributed by atoms with E-state index in [9.17, 15) is 0 Å². The predicted octanol–water partition coefficient (Wildman–Crippen LogP) is 2.43. The molecule has 2 atom stereocenters. The second-order valence-corrected chi connectivity index (χ2v) is 4.50. The standard InChI is InChI=1S/C12H20N4/c1-4-5-9-7-10(9)15-11-6-8(2)14-12(13-3)16-11/h6,9-10H,4-5,7H2,1-3H3,(H2,13,14,15,16). The third kappa shape index (κ3) is 2.62. The highest BCUT2D eigenvalue weighted by Crippen LogP contribution is 2.36. The van der Waals surface area contributed by atoms with E-state index >= 15 is 0 Å². The van der Waals surface area contributed by atoms with Gasteiger partial charge in [0, 0.05) is 24.8 Å². The first kappa shape index (κ1) is 11.2. The van der Waals surface area contributed by atoms with Crippen LogP contribution in [0.4, 0.5) is 11.8 Å². The Morgan fingerprint density at radius 1 is 1.44 bits per heavy atom. The molecule has 1 aromatic rings. The molecule has 4 nitrogen and oxygen atoms in total. The van der Waals surface area contributed by atoms with Crippen molar-refractivity contribution in [1.82, 2.24) is 9.97 Å². The van der Waals surface area contributed by atoms with Gasteiger partial charge in [0.15, 0.2) is 0 Å². The van der Waals surface area contributed by atoms with Gasteiger partial charge in [-0.05, 0) is 25.7 Å². The molecule has 0 spiro atoms. The number of nitrogens with one attached hydrogen (secondary N) is 2. The molecule has 0 aliphatic heterocycles. The maximum absolute atomic E-state index is 4.39. The smallest absolute Gasteiger partial charge is 0.224 e. The number of aryl methyl sites for hydroxylation is 1. The Morgan fingerprint density at radius 2 is 2.25 bits per heavy atom. The summed E-state index contributed by atoms with van der Waals surface area (Å²) in [6.45, 7) is 4.23. The van der Waals surface area contributed by atoms with Crippen molar-refractivity contribution in [1.29, 1.82) is 0 Å². The summed E-state index contributed by atoms with van der Waals surface area (Å²) < 4.78 is 0. The van der Waals surface area contributed by atoms with Crippen LogP contribution in [0.2, 0.25) is 0 Å². The summed E-state index contributed by atoms with van der Waals surface area (Å²) in [4.78, 5) is 8.67. The van der Waals surface area contributed by atoms with Crippen LogP contribution in [0.15, 0.2) is 6.07 Å². The first-order valence-corrected chi connectivity index (χ1v) is 6.03. The van der Waals surface area contributed by atoms with Gasteiger partial charge in [0.2, 0.25) is 5.95 Å². The molecule has 1 heterocycles. The maximum atomic E-state index is 4.39. The zero-order chi connectivity index (χ0) is 11.5. The molecule has 16 heavy (non-hydrogen) atoms. The van der Waals surface area contributed by atoms with E-state index in [-0.39, 0.29) is 0 Å². The summed E-state index contributed by atoms with van der Waals surface area (Å²) in [5.74, 6) is 2.48. The second-order valence-electron chi connectivity index (χ2n) is 4.50. The van der Waals surface area contributed by atoms with Gasteiger partial charge in [-0.15, -0.1) is 0 Å². The summed E-state index contributed by atoms with van der Waals surface area (Å²) in [6, 6.07) is 2.63. The molecule has 88 valence electrons. The normalized spacial score (nSPS) is 22.9. The highest BCUT2D eigenvalue weighted by molar-refractivity contribution is 5.43. The largest absolute Gasteiger partial charge is 0.367 e. The quantitative estimate of drug-likeness (QED) is 0.800. The van der Waals surface area contributed by atoms with Crippen molar-refractivity contribution in [3.8, 4) is 0 Å². The summed E-state index contributed by atoms with van der Waals surface area (Å²) >= 11 is 0. The van der Waals surface area contributed by atoms with Crippen molar-refractivity contribution >= 4 is 11.8 Å². The van der Waals surface area contributed by atoms with Crippen LogP contribution in [0, 0.1) is 12.8 Å². The lowest BCUT2D eigenvalue weighted by atomic mass is 10.2. The average molecular weight is 220 g/mol. The fourth-order valence-corrected chi connectivity index (χ4v) is 2.06. The SMILES string of the molecule is CCCC1CC1Nc1cc(C)nc(NC)n1. The number of rotatable bonds is 5. The van der Waals surface area contributed by atoms with E-state index in [1.165, 1.54) is 19.3 Å². The van der Waals surface area contributed by atoms with Crippen LogP contribution < -0.4 is 10.6 Å². The Bertz CT molecular complexity index is 364. The van der Waals surface area contributed by atoms with Crippen LogP contribution in [-0.2, 0) is 0 Å². The molecule has 1 aliphatic rings. The summed E-state index contributed by atoms with van der Waals surface area (Å²) in [6.07, 6.45) is 3.87. The van der Waals surface area contributed by atoms with Crippen LogP contribution in [0.1, 0.15) is 31.9 Å². The number of hydrogen-bond acceptors (Lipinski definition) is 4. The Morgan fingerprint density at radius 3 is 2.94 bits per heavy atom. The first-order valence-electron chi connectivity index (χ1n) is 6.03. The van der Waals surface area contributed by atoms with E-state index in [4.69, 9.17) is 0 Å². The van der Waals surface area contributed by atoms with E-state index in [2.05, 4.69) is 27.5 Å². The maximum Gasteiger partial charge on any atom is 0.224 e. The molecule has 4 heteroatoms. The van der Waals surface area contributed by atoms with Gasteiger partial charge in [-0.25, -0.2) is 4.98 Å². The highest BCUT2D eigenvalue weighted by Gasteiger charge is 2.36. The van der Waals surface area contributed by atoms with Crippen LogP contribution in [0.3, 0.4) is 0 Å². The molecule has 0 radical (unpaired) electrons. The number of nitrogens with zero attached hydrogens (tertiary/aromatic N) is 2. The fraction of sp³-hybridized carbons (Fsp3) is 0.667. The minimum Gasteiger partial charge on any atom is -0.367 e. The summed E-state index contributed by atoms with van der Waals surface area (Å²) in [7, 11) is 1.84. The topological polar surface area (TPSA) is 49.8 Å². The summed E-state index contributed by atoms with van der Waals surface area (Å²) in [5.41, 5.74) is 0.995. The molecular weight excluding hydrogens is 200 g/mol. The monoisotopic (exact) mass is 220 g/mol. The van der Waals surface area contributed by atoms with Gasteiger partial charge in [0.25, 0.3) is 0 Å². The van der Waals surface area contributed by atoms with Crippen molar-refractivity contribution in [2.75, 3.05) is 17.7 Å². The van der Waals surface area contributed by atoms with Gasteiger partial charge in [-0.2, -0.15) is 4.98 Å². The molecule has 0 bridgehead atoms. The van der Waals surface area contributed by atoms with Gasteiger partial charge in [0.05, 0.1) is 0 Å². The van der Waals surface area contributed by atoms with Crippen LogP contribution >= 0.6 is 0 Å². The van der Waals surface area contributed by atoms with Gasteiger partial charge < -0.3 is 10.6 Å². The second kappa shape index (κ2) is 4.68. The lowest BCUT2D eigenvalue weighted by Crippen LogP contribution is -2.08. The van der Waals surface area contributed by atoms with Gasteiger partial charge in [0.1, 0.15) is 5.82 Å². The molecule has 0 amide bonds. The van der Waals surface area contributed by atoms with Crippen molar-refractivity contribution in [3.63, 3.8) is 0 Å². The fourth-order valence-electron chi connectivity index (χ4n) is 2.06. The third-order valence-electron chi connectivity index (χ3n) is 2.99. The molecule has 2 rings (SSSR count). The number of hydrogen-bond donors (Lipinski definition) is 2. The lowest BCUT2D eigenvalue weighted by molar-refractivity contribution is 0.692. The van der Waals surface area contributed by atoms with Crippen LogP contribution in [0.5, 0.6) is 0 Å². The zero-order valence-electron chi connectivity index (χ0n) is 10.2. The number of aromatic nitrogens is 2. The van der Waals surface area contributed by atoms with Gasteiger partial charge in [-0.1, -0.05) is 13.3 Å². The Hall–Kier alpha value is -1.32. The molecule has 1 aliphatic carbocycles. The van der Waals surface area contributed by atoms with E-state index in [1.807, 2.05) is 20.0 Å². The summed E-state index contributed by atoms with van der Waals surface area (Å²) in [5, 5.41) is 6.45. The van der Waals surface area contributed by atoms with Gasteiger partial charge >= 0.3 is 0 Å². The minimum absolute atomic E-state index is 0.624. The zero-order valence-corrected chi connectivity index (χ0v) is 10.2. The molecule has 0 aromatic carbocycles. The lowest BCUT2D eigenvalue weighted by Gasteiger charge is -2.07. The Balaban J connectivity index is 1.97. The van der Waals surface area contributed by atoms with Crippen molar-refractivity contribution in [2.24, 2.45) is 5.92 Å². The number of anilines is 2. The molecule has 2 unspecified atom stereocenters. The predicted molar refractivity (Wildman–Crippen MR) is 66.7 cm³/mol.